The standard InChI is InChI=1S/C27H37N3O7S/c1-18(2)15-30(38(33,34)21-10-8-20(28)9-11-21)16-24(31)23(14-19-6-4-3-5-7-19)29-27(32)37-25-17-36-26-22(25)12-13-35-26/h3-11,18,22-26,31H,12-17,28H2,1-2H3,(H,29,32)/t22-,23-,24+,25-,26+/m0/s1/i12D2,13D2,17D2,22D,25D,26D. The number of nitrogens with two attached hydrogens (primary N) is 1. The number of sulfonamides is 1. The fourth-order valence-corrected chi connectivity index (χ4v) is 5.51. The molecule has 2 aliphatic rings. The van der Waals surface area contributed by atoms with Crippen LogP contribution in [0.4, 0.5) is 10.5 Å². The van der Waals surface area contributed by atoms with Gasteiger partial charge >= 0.3 is 6.09 Å². The van der Waals surface area contributed by atoms with Gasteiger partial charge in [0.05, 0.1) is 44.3 Å². The van der Waals surface area contributed by atoms with Gasteiger partial charge in [0.2, 0.25) is 10.0 Å². The molecule has 1 amide bonds. The summed E-state index contributed by atoms with van der Waals surface area (Å²) in [5.41, 5.74) is 6.60. The normalized spacial score (nSPS) is 36.1. The van der Waals surface area contributed by atoms with E-state index in [-0.39, 0.29) is 23.8 Å². The maximum Gasteiger partial charge on any atom is 0.407 e. The zero-order valence-corrected chi connectivity index (χ0v) is 21.7. The van der Waals surface area contributed by atoms with Crippen molar-refractivity contribution in [3.8, 4) is 0 Å². The molecule has 2 aromatic rings. The number of nitrogens with zero attached hydrogens (tertiary/aromatic N) is 1. The van der Waals surface area contributed by atoms with Gasteiger partial charge in [-0.2, -0.15) is 4.31 Å². The number of benzene rings is 2. The number of hydrogen-bond donors (Lipinski definition) is 3. The average Bonchev–Trinajstić information content (AvgIpc) is 3.13. The van der Waals surface area contributed by atoms with Crippen molar-refractivity contribution in [2.75, 3.05) is 31.9 Å². The van der Waals surface area contributed by atoms with Gasteiger partial charge < -0.3 is 30.4 Å². The van der Waals surface area contributed by atoms with Crippen LogP contribution in [0, 0.1) is 11.8 Å². The smallest absolute Gasteiger partial charge is 0.407 e. The summed E-state index contributed by atoms with van der Waals surface area (Å²) in [5, 5.41) is 13.7. The molecule has 11 heteroatoms. The molecule has 0 saturated carbocycles. The monoisotopic (exact) mass is 556 g/mol. The van der Waals surface area contributed by atoms with Crippen LogP contribution in [0.2, 0.25) is 0 Å². The molecule has 0 bridgehead atoms. The molecule has 0 radical (unpaired) electrons. The lowest BCUT2D eigenvalue weighted by Gasteiger charge is -2.31. The first-order valence-electron chi connectivity index (χ1n) is 16.4. The van der Waals surface area contributed by atoms with Crippen LogP contribution < -0.4 is 11.1 Å². The van der Waals surface area contributed by atoms with Crippen LogP contribution in [-0.2, 0) is 30.7 Å². The molecule has 10 nitrogen and oxygen atoms in total. The molecule has 0 spiro atoms. The second-order valence-corrected chi connectivity index (χ2v) is 11.1. The second kappa shape index (κ2) is 12.4. The summed E-state index contributed by atoms with van der Waals surface area (Å²) in [7, 11) is -4.19. The summed E-state index contributed by atoms with van der Waals surface area (Å²) in [6.45, 7) is -4.06. The molecular weight excluding hydrogens is 510 g/mol. The first-order valence-corrected chi connectivity index (χ1v) is 13.4. The topological polar surface area (TPSA) is 140 Å². The number of hydrogen-bond acceptors (Lipinski definition) is 8. The third-order valence-corrected chi connectivity index (χ3v) is 7.57. The molecule has 2 aromatic carbocycles. The molecule has 208 valence electrons. The van der Waals surface area contributed by atoms with Crippen LogP contribution in [0.1, 0.15) is 38.1 Å². The number of aliphatic hydroxyl groups excluding tert-OH is 1. The van der Waals surface area contributed by atoms with Crippen LogP contribution >= 0.6 is 0 Å². The summed E-state index contributed by atoms with van der Waals surface area (Å²) in [5.74, 6) is -3.83. The van der Waals surface area contributed by atoms with Crippen molar-refractivity contribution in [2.45, 2.75) is 56.0 Å². The highest BCUT2D eigenvalue weighted by Gasteiger charge is 2.44. The van der Waals surface area contributed by atoms with Crippen LogP contribution in [0.25, 0.3) is 0 Å². The fraction of sp³-hybridized carbons (Fsp3) is 0.519. The van der Waals surface area contributed by atoms with Gasteiger partial charge in [-0.1, -0.05) is 44.2 Å². The van der Waals surface area contributed by atoms with Crippen molar-refractivity contribution >= 4 is 21.8 Å². The van der Waals surface area contributed by atoms with E-state index in [2.05, 4.69) is 10.1 Å². The SMILES string of the molecule is [2H]C1([2H])O[C@]2([2H])OC([2H])([2H])[C@]([2H])(OC(=O)N[C@@H](Cc3ccccc3)[C@H](O)CN(CC(C)C)S(=O)(=O)c3ccc(N)cc3)[C@]2([2H])C1([2H])[2H]. The maximum absolute atomic E-state index is 13.6. The van der Waals surface area contributed by atoms with E-state index < -0.39 is 72.5 Å². The van der Waals surface area contributed by atoms with Gasteiger partial charge in [0.15, 0.2) is 6.27 Å². The maximum atomic E-state index is 13.6. The minimum atomic E-state index is -4.19. The zero-order valence-electron chi connectivity index (χ0n) is 29.9. The quantitative estimate of drug-likeness (QED) is 0.359. The Morgan fingerprint density at radius 3 is 2.61 bits per heavy atom. The first kappa shape index (κ1) is 18.6. The summed E-state index contributed by atoms with van der Waals surface area (Å²) < 4.78 is 117. The summed E-state index contributed by atoms with van der Waals surface area (Å²) in [6, 6.07) is 12.4. The fourth-order valence-electron chi connectivity index (χ4n) is 3.89. The van der Waals surface area contributed by atoms with Crippen LogP contribution in [0.3, 0.4) is 0 Å². The van der Waals surface area contributed by atoms with E-state index in [0.29, 0.717) is 11.3 Å². The molecular formula is C27H37N3O7S. The van der Waals surface area contributed by atoms with E-state index >= 15 is 0 Å². The number of carbonyl (C=O) groups excluding carboxylic acids is 1. The van der Waals surface area contributed by atoms with Crippen molar-refractivity contribution in [1.82, 2.24) is 9.62 Å². The minimum Gasteiger partial charge on any atom is -0.443 e. The molecule has 2 fully saturated rings. The van der Waals surface area contributed by atoms with Crippen molar-refractivity contribution < 1.29 is 44.9 Å². The average molecular weight is 557 g/mol. The molecule has 0 unspecified atom stereocenters. The third kappa shape index (κ3) is 7.03. The Balaban J connectivity index is 1.66. The number of ether oxygens (including phenoxy) is 3. The predicted molar refractivity (Wildman–Crippen MR) is 142 cm³/mol. The van der Waals surface area contributed by atoms with Crippen molar-refractivity contribution in [2.24, 2.45) is 11.8 Å². The number of fused-ring (bicyclic) bond motifs is 1. The zero-order chi connectivity index (χ0) is 35.4. The summed E-state index contributed by atoms with van der Waals surface area (Å²) >= 11 is 0. The Bertz CT molecular complexity index is 1570. The van der Waals surface area contributed by atoms with E-state index in [0.717, 1.165) is 4.31 Å². The number of alkyl carbamates (subject to hydrolysis) is 1. The second-order valence-electron chi connectivity index (χ2n) is 9.21. The molecule has 5 atom stereocenters. The lowest BCUT2D eigenvalue weighted by molar-refractivity contribution is -0.0907. The van der Waals surface area contributed by atoms with Crippen molar-refractivity contribution in [1.29, 1.82) is 0 Å². The van der Waals surface area contributed by atoms with Gasteiger partial charge in [-0.25, -0.2) is 13.2 Å². The third-order valence-electron chi connectivity index (χ3n) is 5.73. The highest BCUT2D eigenvalue weighted by molar-refractivity contribution is 7.89. The van der Waals surface area contributed by atoms with Gasteiger partial charge in [-0.15, -0.1) is 0 Å². The number of carbonyl (C=O) groups is 1. The Hall–Kier alpha value is -2.70. The van der Waals surface area contributed by atoms with Crippen LogP contribution in [0.5, 0.6) is 0 Å². The Morgan fingerprint density at radius 1 is 1.21 bits per heavy atom. The van der Waals surface area contributed by atoms with E-state index in [1.807, 2.05) is 0 Å². The summed E-state index contributed by atoms with van der Waals surface area (Å²) in [6.07, 6.45) is -14.3. The highest BCUT2D eigenvalue weighted by Crippen LogP contribution is 2.33. The molecule has 0 aromatic heterocycles. The highest BCUT2D eigenvalue weighted by atomic mass is 32.2. The largest absolute Gasteiger partial charge is 0.443 e. The lowest BCUT2D eigenvalue weighted by atomic mass is 10.0. The Labute approximate surface area is 236 Å². The number of nitrogen functional groups attached to an aromatic ring is 1. The number of amides is 1. The van der Waals surface area contributed by atoms with E-state index in [4.69, 9.17) is 27.5 Å². The predicted octanol–water partition coefficient (Wildman–Crippen LogP) is 2.38. The molecule has 2 saturated heterocycles. The summed E-state index contributed by atoms with van der Waals surface area (Å²) in [4.78, 5) is 13.3. The molecule has 38 heavy (non-hydrogen) atoms. The van der Waals surface area contributed by atoms with Crippen LogP contribution in [-0.4, -0.2) is 74.6 Å². The van der Waals surface area contributed by atoms with E-state index in [9.17, 15) is 18.3 Å². The Morgan fingerprint density at radius 2 is 1.92 bits per heavy atom. The number of aliphatic hydroxyl groups is 1. The lowest BCUT2D eigenvalue weighted by Crippen LogP contribution is -2.51. The van der Waals surface area contributed by atoms with Gasteiger partial charge in [0.1, 0.15) is 6.08 Å². The van der Waals surface area contributed by atoms with Crippen molar-refractivity contribution in [3.05, 3.63) is 60.2 Å². The van der Waals surface area contributed by atoms with E-state index in [1.165, 1.54) is 24.3 Å². The number of anilines is 1. The Kier molecular flexibility index (Phi) is 6.08. The first-order chi connectivity index (χ1) is 21.4. The van der Waals surface area contributed by atoms with E-state index in [1.54, 1.807) is 44.2 Å². The van der Waals surface area contributed by atoms with Crippen LogP contribution in [0.15, 0.2) is 59.5 Å². The molecule has 4 N–H and O–H groups in total. The van der Waals surface area contributed by atoms with Gasteiger partial charge in [-0.05, 0) is 48.5 Å². The minimum absolute atomic E-state index is 0.0380. The number of rotatable bonds is 11. The van der Waals surface area contributed by atoms with Gasteiger partial charge in [0.25, 0.3) is 0 Å². The van der Waals surface area contributed by atoms with Gasteiger partial charge in [-0.3, -0.25) is 0 Å². The molecule has 0 aliphatic carbocycles. The molecule has 4 rings (SSSR count). The number of nitrogens with one attached hydrogen (secondary N) is 1. The van der Waals surface area contributed by atoms with Gasteiger partial charge in [0, 0.05) is 22.9 Å². The molecule has 2 aliphatic heterocycles. The molecule has 2 heterocycles. The van der Waals surface area contributed by atoms with Crippen molar-refractivity contribution in [3.63, 3.8) is 0 Å².